The van der Waals surface area contributed by atoms with E-state index in [2.05, 4.69) is 31.1 Å². The van der Waals surface area contributed by atoms with Crippen molar-refractivity contribution < 1.29 is 0 Å². The normalized spacial score (nSPS) is 20.6. The smallest absolute Gasteiger partial charge is 0.185 e. The van der Waals surface area contributed by atoms with Crippen molar-refractivity contribution in [1.82, 2.24) is 10.3 Å². The maximum Gasteiger partial charge on any atom is 0.185 e. The average molecular weight is 279 g/mol. The Morgan fingerprint density at radius 2 is 2.11 bits per heavy atom. The van der Waals surface area contributed by atoms with Crippen LogP contribution in [0.1, 0.15) is 62.4 Å². The molecule has 0 amide bonds. The quantitative estimate of drug-likeness (QED) is 0.828. The van der Waals surface area contributed by atoms with Crippen molar-refractivity contribution in [3.8, 4) is 0 Å². The van der Waals surface area contributed by atoms with Crippen LogP contribution in [0, 0.1) is 0 Å². The summed E-state index contributed by atoms with van der Waals surface area (Å²) in [5, 5.41) is 4.87. The van der Waals surface area contributed by atoms with Crippen LogP contribution in [0.15, 0.2) is 0 Å². The maximum absolute atomic E-state index is 4.94. The molecule has 1 atom stereocenters. The third kappa shape index (κ3) is 3.11. The van der Waals surface area contributed by atoms with E-state index in [-0.39, 0.29) is 0 Å². The van der Waals surface area contributed by atoms with E-state index in [1.54, 1.807) is 0 Å². The molecule has 0 spiro atoms. The molecule has 19 heavy (non-hydrogen) atoms. The van der Waals surface area contributed by atoms with E-state index < -0.39 is 0 Å². The van der Waals surface area contributed by atoms with E-state index in [0.717, 1.165) is 18.6 Å². The zero-order valence-corrected chi connectivity index (χ0v) is 13.1. The minimum atomic E-state index is 0.577. The number of rotatable bonds is 7. The SMILES string of the molecule is CCC(C)c1nc(N(C)C2CC2)sc1CNC1CC1. The first-order chi connectivity index (χ1) is 9.19. The van der Waals surface area contributed by atoms with Crippen molar-refractivity contribution in [3.05, 3.63) is 10.6 Å². The molecule has 3 rings (SSSR count). The molecule has 3 nitrogen and oxygen atoms in total. The van der Waals surface area contributed by atoms with Gasteiger partial charge in [-0.05, 0) is 38.0 Å². The highest BCUT2D eigenvalue weighted by molar-refractivity contribution is 7.15. The second kappa shape index (κ2) is 5.41. The van der Waals surface area contributed by atoms with Gasteiger partial charge < -0.3 is 10.2 Å². The number of hydrogen-bond donors (Lipinski definition) is 1. The number of hydrogen-bond acceptors (Lipinski definition) is 4. The fraction of sp³-hybridized carbons (Fsp3) is 0.800. The molecular formula is C15H25N3S. The average Bonchev–Trinajstić information content (AvgIpc) is 3.32. The lowest BCUT2D eigenvalue weighted by molar-refractivity contribution is 0.660. The first-order valence-corrected chi connectivity index (χ1v) is 8.46. The van der Waals surface area contributed by atoms with Crippen molar-refractivity contribution in [2.24, 2.45) is 0 Å². The van der Waals surface area contributed by atoms with Crippen molar-refractivity contribution in [2.45, 2.75) is 70.5 Å². The molecule has 0 saturated heterocycles. The Hall–Kier alpha value is -0.610. The summed E-state index contributed by atoms with van der Waals surface area (Å²) in [5.41, 5.74) is 1.34. The van der Waals surface area contributed by atoms with Gasteiger partial charge in [-0.3, -0.25) is 0 Å². The Morgan fingerprint density at radius 3 is 2.68 bits per heavy atom. The molecule has 4 heteroatoms. The van der Waals surface area contributed by atoms with Crippen molar-refractivity contribution in [2.75, 3.05) is 11.9 Å². The van der Waals surface area contributed by atoms with Crippen molar-refractivity contribution >= 4 is 16.5 Å². The molecule has 2 fully saturated rings. The van der Waals surface area contributed by atoms with Gasteiger partial charge in [0, 0.05) is 30.6 Å². The van der Waals surface area contributed by atoms with Crippen LogP contribution in [-0.4, -0.2) is 24.1 Å². The summed E-state index contributed by atoms with van der Waals surface area (Å²) in [4.78, 5) is 8.79. The zero-order chi connectivity index (χ0) is 13.4. The molecular weight excluding hydrogens is 254 g/mol. The first kappa shape index (κ1) is 13.4. The summed E-state index contributed by atoms with van der Waals surface area (Å²) in [6.45, 7) is 5.57. The summed E-state index contributed by atoms with van der Waals surface area (Å²) in [6.07, 6.45) is 6.56. The van der Waals surface area contributed by atoms with E-state index in [0.29, 0.717) is 5.92 Å². The largest absolute Gasteiger partial charge is 0.348 e. The van der Waals surface area contributed by atoms with Crippen LogP contribution in [0.3, 0.4) is 0 Å². The lowest BCUT2D eigenvalue weighted by Gasteiger charge is -2.13. The Balaban J connectivity index is 1.76. The number of thiazole rings is 1. The van der Waals surface area contributed by atoms with Gasteiger partial charge in [0.15, 0.2) is 5.13 Å². The molecule has 0 radical (unpaired) electrons. The number of aromatic nitrogens is 1. The van der Waals surface area contributed by atoms with E-state index in [1.165, 1.54) is 47.8 Å². The summed E-state index contributed by atoms with van der Waals surface area (Å²) < 4.78 is 0. The Morgan fingerprint density at radius 1 is 1.37 bits per heavy atom. The fourth-order valence-corrected chi connectivity index (χ4v) is 3.51. The molecule has 0 aromatic carbocycles. The van der Waals surface area contributed by atoms with Gasteiger partial charge in [0.1, 0.15) is 0 Å². The maximum atomic E-state index is 4.94. The van der Waals surface area contributed by atoms with Gasteiger partial charge in [-0.2, -0.15) is 0 Å². The molecule has 2 saturated carbocycles. The van der Waals surface area contributed by atoms with E-state index in [9.17, 15) is 0 Å². The second-order valence-corrected chi connectivity index (χ2v) is 7.17. The van der Waals surface area contributed by atoms with Gasteiger partial charge in [-0.1, -0.05) is 13.8 Å². The number of anilines is 1. The molecule has 0 aliphatic heterocycles. The van der Waals surface area contributed by atoms with Crippen LogP contribution in [0.5, 0.6) is 0 Å². The molecule has 1 N–H and O–H groups in total. The second-order valence-electron chi connectivity index (χ2n) is 6.11. The molecule has 2 aliphatic rings. The van der Waals surface area contributed by atoms with Gasteiger partial charge >= 0.3 is 0 Å². The molecule has 1 aromatic rings. The van der Waals surface area contributed by atoms with E-state index in [1.807, 2.05) is 11.3 Å². The molecule has 106 valence electrons. The van der Waals surface area contributed by atoms with Gasteiger partial charge in [0.2, 0.25) is 0 Å². The lowest BCUT2D eigenvalue weighted by atomic mass is 10.0. The molecule has 1 unspecified atom stereocenters. The highest BCUT2D eigenvalue weighted by Gasteiger charge is 2.29. The predicted octanol–water partition coefficient (Wildman–Crippen LogP) is 3.51. The molecule has 1 heterocycles. The molecule has 2 aliphatic carbocycles. The summed E-state index contributed by atoms with van der Waals surface area (Å²) in [5.74, 6) is 0.577. The third-order valence-electron chi connectivity index (χ3n) is 4.32. The fourth-order valence-electron chi connectivity index (χ4n) is 2.35. The standard InChI is InChI=1S/C15H25N3S/c1-4-10(2)14-13(9-16-11-5-6-11)19-15(17-14)18(3)12-7-8-12/h10-12,16H,4-9H2,1-3H3. The zero-order valence-electron chi connectivity index (χ0n) is 12.3. The van der Waals surface area contributed by atoms with Gasteiger partial charge in [-0.25, -0.2) is 4.98 Å². The van der Waals surface area contributed by atoms with E-state index >= 15 is 0 Å². The Bertz CT molecular complexity index is 435. The van der Waals surface area contributed by atoms with Crippen LogP contribution in [0.4, 0.5) is 5.13 Å². The summed E-state index contributed by atoms with van der Waals surface area (Å²) in [6, 6.07) is 1.52. The topological polar surface area (TPSA) is 28.2 Å². The summed E-state index contributed by atoms with van der Waals surface area (Å²) in [7, 11) is 2.20. The molecule has 0 bridgehead atoms. The van der Waals surface area contributed by atoms with Crippen molar-refractivity contribution in [1.29, 1.82) is 0 Å². The van der Waals surface area contributed by atoms with Crippen LogP contribution in [0.25, 0.3) is 0 Å². The third-order valence-corrected chi connectivity index (χ3v) is 5.48. The monoisotopic (exact) mass is 279 g/mol. The highest BCUT2D eigenvalue weighted by atomic mass is 32.1. The van der Waals surface area contributed by atoms with Gasteiger partial charge in [0.05, 0.1) is 5.69 Å². The van der Waals surface area contributed by atoms with Crippen LogP contribution < -0.4 is 10.2 Å². The summed E-state index contributed by atoms with van der Waals surface area (Å²) >= 11 is 1.90. The van der Waals surface area contributed by atoms with E-state index in [4.69, 9.17) is 4.98 Å². The lowest BCUT2D eigenvalue weighted by Crippen LogP contribution is -2.19. The van der Waals surface area contributed by atoms with Crippen LogP contribution in [-0.2, 0) is 6.54 Å². The minimum Gasteiger partial charge on any atom is -0.348 e. The Kier molecular flexibility index (Phi) is 3.81. The highest BCUT2D eigenvalue weighted by Crippen LogP contribution is 2.37. The van der Waals surface area contributed by atoms with Gasteiger partial charge in [0.25, 0.3) is 0 Å². The van der Waals surface area contributed by atoms with Crippen LogP contribution >= 0.6 is 11.3 Å². The Labute approximate surface area is 120 Å². The number of nitrogens with one attached hydrogen (secondary N) is 1. The van der Waals surface area contributed by atoms with Crippen molar-refractivity contribution in [3.63, 3.8) is 0 Å². The first-order valence-electron chi connectivity index (χ1n) is 7.64. The van der Waals surface area contributed by atoms with Gasteiger partial charge in [-0.15, -0.1) is 11.3 Å². The number of nitrogens with zero attached hydrogens (tertiary/aromatic N) is 2. The predicted molar refractivity (Wildman–Crippen MR) is 82.1 cm³/mol. The van der Waals surface area contributed by atoms with Crippen LogP contribution in [0.2, 0.25) is 0 Å². The molecule has 1 aromatic heterocycles. The minimum absolute atomic E-state index is 0.577.